The molecule has 0 aromatic heterocycles. The molecule has 2 rings (SSSR count). The van der Waals surface area contributed by atoms with Crippen LogP contribution in [0, 0.1) is 10.1 Å². The van der Waals surface area contributed by atoms with E-state index in [9.17, 15) is 23.3 Å². The van der Waals surface area contributed by atoms with E-state index in [1.54, 1.807) is 30.3 Å². The van der Waals surface area contributed by atoms with Crippen molar-refractivity contribution in [3.63, 3.8) is 0 Å². The molecule has 10 heteroatoms. The zero-order valence-corrected chi connectivity index (χ0v) is 14.0. The maximum atomic E-state index is 12.0. The Kier molecular flexibility index (Phi) is 5.35. The number of nitrogens with zero attached hydrogens (tertiary/aromatic N) is 2. The van der Waals surface area contributed by atoms with Crippen molar-refractivity contribution in [3.8, 4) is 11.5 Å². The Labute approximate surface area is 143 Å². The number of nitro benzene ring substituents is 1. The van der Waals surface area contributed by atoms with Crippen LogP contribution in [0.3, 0.4) is 0 Å². The van der Waals surface area contributed by atoms with Gasteiger partial charge in [0.15, 0.2) is 5.75 Å². The Hall–Kier alpha value is -2.98. The highest BCUT2D eigenvalue weighted by atomic mass is 32.2. The first kappa shape index (κ1) is 18.4. The maximum Gasteiger partial charge on any atom is 0.273 e. The number of ether oxygens (including phenoxy) is 1. The quantitative estimate of drug-likeness (QED) is 0.607. The summed E-state index contributed by atoms with van der Waals surface area (Å²) in [4.78, 5) is 22.4. The fourth-order valence-electron chi connectivity index (χ4n) is 2.06. The van der Waals surface area contributed by atoms with Crippen LogP contribution in [0.15, 0.2) is 48.5 Å². The molecule has 9 nitrogen and oxygen atoms in total. The van der Waals surface area contributed by atoms with Gasteiger partial charge in [-0.15, -0.1) is 0 Å². The predicted octanol–water partition coefficient (Wildman–Crippen LogP) is 1.64. The molecular formula is C15H15N3O6S. The van der Waals surface area contributed by atoms with Crippen molar-refractivity contribution in [1.29, 1.82) is 0 Å². The third-order valence-electron chi connectivity index (χ3n) is 3.08. The number of hydrogen-bond donors (Lipinski definition) is 1. The van der Waals surface area contributed by atoms with Crippen LogP contribution in [0.5, 0.6) is 11.5 Å². The smallest absolute Gasteiger partial charge is 0.273 e. The third kappa shape index (κ3) is 4.31. The molecule has 0 unspecified atom stereocenters. The summed E-state index contributed by atoms with van der Waals surface area (Å²) in [6.07, 6.45) is 0.828. The SMILES string of the molecule is CS(=O)(=O)N(C(=O)CN)c1ccc([N+](=O)[O-])cc1Oc1ccccc1. The van der Waals surface area contributed by atoms with Crippen molar-refractivity contribution in [1.82, 2.24) is 0 Å². The molecule has 0 saturated heterocycles. The fourth-order valence-corrected chi connectivity index (χ4v) is 3.01. The highest BCUT2D eigenvalue weighted by molar-refractivity contribution is 7.92. The Balaban J connectivity index is 2.63. The zero-order valence-electron chi connectivity index (χ0n) is 13.2. The van der Waals surface area contributed by atoms with Crippen LogP contribution < -0.4 is 14.8 Å². The Morgan fingerprint density at radius 1 is 1.24 bits per heavy atom. The topological polar surface area (TPSA) is 133 Å². The molecule has 0 fully saturated rings. The molecule has 2 N–H and O–H groups in total. The first-order valence-corrected chi connectivity index (χ1v) is 8.83. The minimum atomic E-state index is -4.02. The lowest BCUT2D eigenvalue weighted by Crippen LogP contribution is -2.40. The minimum absolute atomic E-state index is 0.160. The van der Waals surface area contributed by atoms with E-state index in [1.807, 2.05) is 0 Å². The number of benzene rings is 2. The van der Waals surface area contributed by atoms with Gasteiger partial charge in [0, 0.05) is 6.07 Å². The molecule has 0 atom stereocenters. The monoisotopic (exact) mass is 365 g/mol. The average Bonchev–Trinajstić information content (AvgIpc) is 2.55. The van der Waals surface area contributed by atoms with Gasteiger partial charge in [0.05, 0.1) is 23.8 Å². The normalized spacial score (nSPS) is 11.0. The minimum Gasteiger partial charge on any atom is -0.455 e. The standard InChI is InChI=1S/C15H15N3O6S/c1-25(22,23)17(15(19)10-16)13-8-7-11(18(20)21)9-14(13)24-12-5-3-2-4-6-12/h2-9H,10,16H2,1H3. The highest BCUT2D eigenvalue weighted by Gasteiger charge is 2.28. The second-order valence-electron chi connectivity index (χ2n) is 4.95. The van der Waals surface area contributed by atoms with Gasteiger partial charge < -0.3 is 10.5 Å². The van der Waals surface area contributed by atoms with Crippen molar-refractivity contribution < 1.29 is 22.9 Å². The summed E-state index contributed by atoms with van der Waals surface area (Å²) in [6.45, 7) is -0.561. The third-order valence-corrected chi connectivity index (χ3v) is 4.14. The van der Waals surface area contributed by atoms with E-state index in [2.05, 4.69) is 0 Å². The fraction of sp³-hybridized carbons (Fsp3) is 0.133. The van der Waals surface area contributed by atoms with Gasteiger partial charge in [0.2, 0.25) is 10.0 Å². The highest BCUT2D eigenvalue weighted by Crippen LogP contribution is 2.36. The van der Waals surface area contributed by atoms with E-state index in [0.717, 1.165) is 24.5 Å². The maximum absolute atomic E-state index is 12.0. The van der Waals surface area contributed by atoms with Gasteiger partial charge in [-0.05, 0) is 18.2 Å². The van der Waals surface area contributed by atoms with Gasteiger partial charge in [-0.3, -0.25) is 14.9 Å². The lowest BCUT2D eigenvalue weighted by molar-refractivity contribution is -0.384. The lowest BCUT2D eigenvalue weighted by Gasteiger charge is -2.22. The number of amides is 1. The largest absolute Gasteiger partial charge is 0.455 e. The van der Waals surface area contributed by atoms with E-state index in [0.29, 0.717) is 10.1 Å². The van der Waals surface area contributed by atoms with Crippen molar-refractivity contribution in [2.24, 2.45) is 5.73 Å². The van der Waals surface area contributed by atoms with Crippen LogP contribution in [0.4, 0.5) is 11.4 Å². The predicted molar refractivity (Wildman–Crippen MR) is 91.0 cm³/mol. The number of para-hydroxylation sites is 1. The number of anilines is 1. The number of carbonyl (C=O) groups excluding carboxylic acids is 1. The molecule has 0 aliphatic heterocycles. The van der Waals surface area contributed by atoms with Gasteiger partial charge in [0.25, 0.3) is 11.6 Å². The summed E-state index contributed by atoms with van der Waals surface area (Å²) in [5, 5.41) is 11.0. The number of sulfonamides is 1. The van der Waals surface area contributed by atoms with Gasteiger partial charge in [-0.25, -0.2) is 12.7 Å². The average molecular weight is 365 g/mol. The number of nitrogens with two attached hydrogens (primary N) is 1. The summed E-state index contributed by atoms with van der Waals surface area (Å²) in [5.74, 6) is -0.736. The molecule has 0 spiro atoms. The van der Waals surface area contributed by atoms with Crippen molar-refractivity contribution in [3.05, 3.63) is 58.6 Å². The molecule has 0 aliphatic rings. The van der Waals surface area contributed by atoms with Gasteiger partial charge in [-0.2, -0.15) is 0 Å². The molecule has 132 valence electrons. The van der Waals surface area contributed by atoms with E-state index in [1.165, 1.54) is 0 Å². The molecule has 25 heavy (non-hydrogen) atoms. The van der Waals surface area contributed by atoms with Crippen molar-refractivity contribution in [2.75, 3.05) is 17.1 Å². The molecule has 0 saturated carbocycles. The van der Waals surface area contributed by atoms with Crippen molar-refractivity contribution >= 4 is 27.3 Å². The molecule has 0 bridgehead atoms. The van der Waals surface area contributed by atoms with Gasteiger partial charge in [0.1, 0.15) is 11.4 Å². The molecule has 0 radical (unpaired) electrons. The molecule has 0 heterocycles. The Morgan fingerprint density at radius 3 is 2.40 bits per heavy atom. The number of nitro groups is 1. The molecule has 0 aliphatic carbocycles. The summed E-state index contributed by atoms with van der Waals surface area (Å²) in [5.41, 5.74) is 4.81. The molecular weight excluding hydrogens is 350 g/mol. The molecule has 1 amide bonds. The Bertz CT molecular complexity index is 899. The number of non-ortho nitro benzene ring substituents is 1. The van der Waals surface area contributed by atoms with E-state index >= 15 is 0 Å². The lowest BCUT2D eigenvalue weighted by atomic mass is 10.2. The summed E-state index contributed by atoms with van der Waals surface area (Å²) in [6, 6.07) is 11.5. The van der Waals surface area contributed by atoms with Crippen LogP contribution in [-0.4, -0.2) is 32.0 Å². The van der Waals surface area contributed by atoms with Crippen molar-refractivity contribution in [2.45, 2.75) is 0 Å². The van der Waals surface area contributed by atoms with E-state index in [4.69, 9.17) is 10.5 Å². The second-order valence-corrected chi connectivity index (χ2v) is 6.78. The Morgan fingerprint density at radius 2 is 1.88 bits per heavy atom. The van der Waals surface area contributed by atoms with Crippen LogP contribution in [0.25, 0.3) is 0 Å². The van der Waals surface area contributed by atoms with Crippen LogP contribution in [0.1, 0.15) is 0 Å². The summed E-state index contributed by atoms with van der Waals surface area (Å²) in [7, 11) is -4.02. The summed E-state index contributed by atoms with van der Waals surface area (Å²) >= 11 is 0. The van der Waals surface area contributed by atoms with E-state index < -0.39 is 27.4 Å². The van der Waals surface area contributed by atoms with Gasteiger partial charge in [-0.1, -0.05) is 18.2 Å². The van der Waals surface area contributed by atoms with Crippen LogP contribution >= 0.6 is 0 Å². The first-order chi connectivity index (χ1) is 11.7. The van der Waals surface area contributed by atoms with Crippen LogP contribution in [-0.2, 0) is 14.8 Å². The van der Waals surface area contributed by atoms with E-state index in [-0.39, 0.29) is 17.1 Å². The second kappa shape index (κ2) is 7.28. The van der Waals surface area contributed by atoms with Gasteiger partial charge >= 0.3 is 0 Å². The number of carbonyl (C=O) groups is 1. The van der Waals surface area contributed by atoms with Crippen LogP contribution in [0.2, 0.25) is 0 Å². The molecule has 2 aromatic carbocycles. The first-order valence-electron chi connectivity index (χ1n) is 6.98. The molecule has 2 aromatic rings. The summed E-state index contributed by atoms with van der Waals surface area (Å²) < 4.78 is 30.1. The number of rotatable bonds is 6. The number of hydrogen-bond acceptors (Lipinski definition) is 7. The zero-order chi connectivity index (χ0) is 18.6.